The molecule has 0 saturated heterocycles. The van der Waals surface area contributed by atoms with E-state index in [1.54, 1.807) is 0 Å². The molecule has 0 aromatic rings. The van der Waals surface area contributed by atoms with Crippen molar-refractivity contribution in [3.05, 3.63) is 12.2 Å². The van der Waals surface area contributed by atoms with Gasteiger partial charge in [0, 0.05) is 19.4 Å². The summed E-state index contributed by atoms with van der Waals surface area (Å²) in [5.41, 5.74) is 5.33. The lowest BCUT2D eigenvalue weighted by atomic mass is 10.1. The Bertz CT molecular complexity index is 825. The molecule has 0 bridgehead atoms. The largest absolute Gasteiger partial charge is 0.472 e. The average Bonchev–Trinajstić information content (AvgIpc) is 3.08. The van der Waals surface area contributed by atoms with E-state index in [0.717, 1.165) is 38.5 Å². The van der Waals surface area contributed by atoms with Gasteiger partial charge in [-0.1, -0.05) is 154 Å². The van der Waals surface area contributed by atoms with Gasteiger partial charge in [0.05, 0.1) is 13.2 Å². The zero-order valence-electron chi connectivity index (χ0n) is 31.7. The molecule has 0 aromatic heterocycles. The lowest BCUT2D eigenvalue weighted by Crippen LogP contribution is -2.29. The van der Waals surface area contributed by atoms with Gasteiger partial charge >= 0.3 is 19.8 Å². The van der Waals surface area contributed by atoms with Gasteiger partial charge in [0.2, 0.25) is 0 Å². The van der Waals surface area contributed by atoms with Crippen LogP contribution in [0.2, 0.25) is 0 Å². The van der Waals surface area contributed by atoms with E-state index in [1.807, 2.05) is 0 Å². The Labute approximate surface area is 300 Å². The Morgan fingerprint density at radius 3 is 1.45 bits per heavy atom. The van der Waals surface area contributed by atoms with Crippen LogP contribution in [0.3, 0.4) is 0 Å². The fourth-order valence-corrected chi connectivity index (χ4v) is 6.39. The van der Waals surface area contributed by atoms with Gasteiger partial charge in [-0.3, -0.25) is 18.6 Å². The summed E-state index contributed by atoms with van der Waals surface area (Å²) in [5.74, 6) is -0.827. The van der Waals surface area contributed by atoms with Crippen LogP contribution in [0.25, 0.3) is 0 Å². The average molecular weight is 718 g/mol. The van der Waals surface area contributed by atoms with Gasteiger partial charge in [-0.05, 0) is 38.5 Å². The van der Waals surface area contributed by atoms with Crippen molar-refractivity contribution in [2.75, 3.05) is 26.4 Å². The minimum atomic E-state index is -4.36. The van der Waals surface area contributed by atoms with E-state index >= 15 is 0 Å². The van der Waals surface area contributed by atoms with Crippen molar-refractivity contribution in [1.29, 1.82) is 0 Å². The third kappa shape index (κ3) is 36.3. The molecule has 0 fully saturated rings. The van der Waals surface area contributed by atoms with Crippen LogP contribution in [0.1, 0.15) is 194 Å². The van der Waals surface area contributed by atoms with Crippen molar-refractivity contribution in [3.8, 4) is 0 Å². The van der Waals surface area contributed by atoms with Gasteiger partial charge in [0.25, 0.3) is 0 Å². The Hall–Kier alpha value is -1.25. The second kappa shape index (κ2) is 36.5. The zero-order chi connectivity index (χ0) is 36.1. The van der Waals surface area contributed by atoms with E-state index in [-0.39, 0.29) is 38.6 Å². The molecule has 0 saturated carbocycles. The number of phosphoric acid groups is 1. The molecule has 0 aliphatic carbocycles. The fourth-order valence-electron chi connectivity index (χ4n) is 5.63. The summed E-state index contributed by atoms with van der Waals surface area (Å²) in [6, 6.07) is 0. The first-order valence-electron chi connectivity index (χ1n) is 20.2. The summed E-state index contributed by atoms with van der Waals surface area (Å²) in [6.45, 7) is 3.71. The van der Waals surface area contributed by atoms with Gasteiger partial charge in [-0.15, -0.1) is 0 Å². The summed E-state index contributed by atoms with van der Waals surface area (Å²) >= 11 is 0. The highest BCUT2D eigenvalue weighted by molar-refractivity contribution is 7.47. The number of ether oxygens (including phenoxy) is 2. The number of hydrogen-bond donors (Lipinski definition) is 2. The Balaban J connectivity index is 4.10. The zero-order valence-corrected chi connectivity index (χ0v) is 32.6. The molecule has 0 heterocycles. The number of esters is 2. The van der Waals surface area contributed by atoms with Gasteiger partial charge in [0.1, 0.15) is 6.61 Å². The number of carbonyl (C=O) groups excluding carboxylic acids is 2. The highest BCUT2D eigenvalue weighted by atomic mass is 31.2. The minimum absolute atomic E-state index is 0.0556. The van der Waals surface area contributed by atoms with Crippen LogP contribution >= 0.6 is 7.82 Å². The maximum Gasteiger partial charge on any atom is 0.472 e. The number of allylic oxidation sites excluding steroid dienone is 2. The lowest BCUT2D eigenvalue weighted by Gasteiger charge is -2.19. The van der Waals surface area contributed by atoms with Crippen LogP contribution in [0.15, 0.2) is 12.2 Å². The van der Waals surface area contributed by atoms with Crippen LogP contribution in [0, 0.1) is 0 Å². The molecule has 10 heteroatoms. The van der Waals surface area contributed by atoms with E-state index < -0.39 is 26.5 Å². The van der Waals surface area contributed by atoms with Crippen LogP contribution in [0.5, 0.6) is 0 Å². The van der Waals surface area contributed by atoms with E-state index in [4.69, 9.17) is 24.3 Å². The first-order chi connectivity index (χ1) is 23.8. The molecule has 0 radical (unpaired) electrons. The first-order valence-corrected chi connectivity index (χ1v) is 21.7. The number of unbranched alkanes of at least 4 members (excludes halogenated alkanes) is 23. The van der Waals surface area contributed by atoms with Crippen LogP contribution in [-0.4, -0.2) is 49.3 Å². The number of rotatable bonds is 38. The van der Waals surface area contributed by atoms with Crippen LogP contribution in [-0.2, 0) is 32.7 Å². The minimum Gasteiger partial charge on any atom is -0.462 e. The highest BCUT2D eigenvalue weighted by Crippen LogP contribution is 2.43. The molecule has 0 amide bonds. The first kappa shape index (κ1) is 47.8. The SMILES string of the molecule is CCCCCCCC/C=C\CCCCCCCCCCCC(=O)OC(COC(=O)CCCCCCCCCCC)COP(=O)(O)OCCN. The molecule has 290 valence electrons. The molecule has 2 atom stereocenters. The summed E-state index contributed by atoms with van der Waals surface area (Å²) < 4.78 is 32.6. The molecule has 49 heavy (non-hydrogen) atoms. The van der Waals surface area contributed by atoms with Crippen molar-refractivity contribution in [2.45, 2.75) is 200 Å². The molecule has 0 aromatic carbocycles. The van der Waals surface area contributed by atoms with E-state index in [2.05, 4.69) is 26.0 Å². The van der Waals surface area contributed by atoms with Crippen molar-refractivity contribution in [2.24, 2.45) is 5.73 Å². The summed E-state index contributed by atoms with van der Waals surface area (Å²) in [5, 5.41) is 0. The Kier molecular flexibility index (Phi) is 35.6. The highest BCUT2D eigenvalue weighted by Gasteiger charge is 2.26. The van der Waals surface area contributed by atoms with Gasteiger partial charge < -0.3 is 20.1 Å². The fraction of sp³-hybridized carbons (Fsp3) is 0.897. The van der Waals surface area contributed by atoms with E-state index in [1.165, 1.54) is 122 Å². The number of phosphoric ester groups is 1. The van der Waals surface area contributed by atoms with E-state index in [0.29, 0.717) is 6.42 Å². The quantitative estimate of drug-likeness (QED) is 0.0277. The van der Waals surface area contributed by atoms with Crippen molar-refractivity contribution in [3.63, 3.8) is 0 Å². The molecule has 0 aliphatic heterocycles. The molecule has 3 N–H and O–H groups in total. The summed E-state index contributed by atoms with van der Waals surface area (Å²) in [6.07, 6.45) is 35.3. The normalized spacial score (nSPS) is 13.5. The number of nitrogens with two attached hydrogens (primary N) is 1. The third-order valence-corrected chi connectivity index (χ3v) is 9.64. The maximum absolute atomic E-state index is 12.5. The second-order valence-electron chi connectivity index (χ2n) is 13.5. The maximum atomic E-state index is 12.5. The standard InChI is InChI=1S/C39H76NO8P/c1-3-5-7-9-11-13-14-15-16-17-18-19-20-21-22-24-26-28-30-32-39(42)48-37(36-47-49(43,44)46-34-33-40)35-45-38(41)31-29-27-25-23-12-10-8-6-4-2/h15-16,37H,3-14,17-36,40H2,1-2H3,(H,43,44)/b16-15-. The number of hydrogen-bond acceptors (Lipinski definition) is 8. The molecule has 0 rings (SSSR count). The molecular weight excluding hydrogens is 641 g/mol. The monoisotopic (exact) mass is 718 g/mol. The third-order valence-electron chi connectivity index (χ3n) is 8.65. The Morgan fingerprint density at radius 2 is 1.00 bits per heavy atom. The smallest absolute Gasteiger partial charge is 0.462 e. The second-order valence-corrected chi connectivity index (χ2v) is 15.0. The molecular formula is C39H76NO8P. The summed E-state index contributed by atoms with van der Waals surface area (Å²) in [7, 11) is -4.36. The number of carbonyl (C=O) groups is 2. The van der Waals surface area contributed by atoms with Crippen LogP contribution < -0.4 is 5.73 Å². The predicted octanol–water partition coefficient (Wildman–Crippen LogP) is 11.1. The molecule has 0 spiro atoms. The van der Waals surface area contributed by atoms with Gasteiger partial charge in [0.15, 0.2) is 6.10 Å². The lowest BCUT2D eigenvalue weighted by molar-refractivity contribution is -0.161. The molecule has 0 aliphatic rings. The topological polar surface area (TPSA) is 134 Å². The predicted molar refractivity (Wildman–Crippen MR) is 201 cm³/mol. The Morgan fingerprint density at radius 1 is 0.592 bits per heavy atom. The molecule has 2 unspecified atom stereocenters. The van der Waals surface area contributed by atoms with Crippen molar-refractivity contribution >= 4 is 19.8 Å². The summed E-state index contributed by atoms with van der Waals surface area (Å²) in [4.78, 5) is 34.7. The van der Waals surface area contributed by atoms with Gasteiger partial charge in [-0.25, -0.2) is 4.57 Å². The molecule has 9 nitrogen and oxygen atoms in total. The van der Waals surface area contributed by atoms with E-state index in [9.17, 15) is 19.0 Å². The van der Waals surface area contributed by atoms with Crippen LogP contribution in [0.4, 0.5) is 0 Å². The van der Waals surface area contributed by atoms with Crippen molar-refractivity contribution in [1.82, 2.24) is 0 Å². The van der Waals surface area contributed by atoms with Gasteiger partial charge in [-0.2, -0.15) is 0 Å². The van der Waals surface area contributed by atoms with Crippen molar-refractivity contribution < 1.29 is 37.6 Å².